The van der Waals surface area contributed by atoms with E-state index in [-0.39, 0.29) is 39.6 Å². The van der Waals surface area contributed by atoms with Gasteiger partial charge in [0.1, 0.15) is 13.2 Å². The van der Waals surface area contributed by atoms with E-state index in [2.05, 4.69) is 9.47 Å². The summed E-state index contributed by atoms with van der Waals surface area (Å²) in [6, 6.07) is 0. The minimum Gasteiger partial charge on any atom is -0.450 e. The molecule has 0 spiro atoms. The number of ether oxygens (including phenoxy) is 2. The first kappa shape index (κ1) is 30.4. The molecule has 0 saturated carbocycles. The Morgan fingerprint density at radius 3 is 0.964 bits per heavy atom. The van der Waals surface area contributed by atoms with Crippen molar-refractivity contribution in [3.8, 4) is 0 Å². The Labute approximate surface area is 161 Å². The van der Waals surface area contributed by atoms with E-state index in [0.717, 1.165) is 0 Å². The zero-order valence-corrected chi connectivity index (χ0v) is 15.8. The summed E-state index contributed by atoms with van der Waals surface area (Å²) < 4.78 is 8.55. The number of carbonyl (C=O) groups is 3. The van der Waals surface area contributed by atoms with Gasteiger partial charge in [-0.3, -0.25) is 0 Å². The molecule has 0 aliphatic rings. The molecule has 0 bridgehead atoms. The first-order valence-corrected chi connectivity index (χ1v) is 8.00. The van der Waals surface area contributed by atoms with Crippen LogP contribution in [0.4, 0.5) is 14.4 Å². The highest BCUT2D eigenvalue weighted by Gasteiger charge is 2.29. The Hall–Kier alpha value is -2.35. The topological polar surface area (TPSA) is 232 Å². The van der Waals surface area contributed by atoms with E-state index in [1.54, 1.807) is 13.8 Å². The largest absolute Gasteiger partial charge is 0.505 e. The van der Waals surface area contributed by atoms with E-state index in [4.69, 9.17) is 45.6 Å². The van der Waals surface area contributed by atoms with Gasteiger partial charge in [-0.15, -0.1) is 0 Å². The zero-order valence-electron chi connectivity index (χ0n) is 15.8. The standard InChI is InChI=1S/2C7H14O5.CH2O3/c2*1-2-7(3-8,4-9)5-12-6(10)11;2-1(3)4/h2*8-9H,2-5H2,1H3,(H,10,11);(H2,2,3,4). The molecule has 13 nitrogen and oxygen atoms in total. The zero-order chi connectivity index (χ0) is 22.8. The normalized spacial score (nSPS) is 10.5. The smallest absolute Gasteiger partial charge is 0.450 e. The second-order valence-corrected chi connectivity index (χ2v) is 5.73. The molecule has 28 heavy (non-hydrogen) atoms. The van der Waals surface area contributed by atoms with E-state index < -0.39 is 29.3 Å². The molecule has 0 saturated heterocycles. The lowest BCUT2D eigenvalue weighted by Crippen LogP contribution is -2.35. The Morgan fingerprint density at radius 1 is 0.643 bits per heavy atom. The Morgan fingerprint density at radius 2 is 0.857 bits per heavy atom. The predicted octanol–water partition coefficient (Wildman–Crippen LogP) is 0.346. The summed E-state index contributed by atoms with van der Waals surface area (Å²) in [4.78, 5) is 28.6. The van der Waals surface area contributed by atoms with E-state index >= 15 is 0 Å². The molecule has 0 aromatic heterocycles. The lowest BCUT2D eigenvalue weighted by molar-refractivity contribution is -0.0184. The molecule has 0 unspecified atom stereocenters. The van der Waals surface area contributed by atoms with Gasteiger partial charge in [0.25, 0.3) is 0 Å². The maximum absolute atomic E-state index is 10.0. The molecule has 0 aromatic rings. The number of aliphatic hydroxyl groups excluding tert-OH is 4. The molecule has 0 radical (unpaired) electrons. The van der Waals surface area contributed by atoms with Crippen LogP contribution in [0.3, 0.4) is 0 Å². The number of hydrogen-bond donors (Lipinski definition) is 8. The fraction of sp³-hybridized carbons (Fsp3) is 0.800. The van der Waals surface area contributed by atoms with Crippen molar-refractivity contribution in [1.82, 2.24) is 0 Å². The van der Waals surface area contributed by atoms with Gasteiger partial charge in [-0.2, -0.15) is 0 Å². The van der Waals surface area contributed by atoms with Gasteiger partial charge in [-0.05, 0) is 12.8 Å². The monoisotopic (exact) mass is 418 g/mol. The minimum atomic E-state index is -1.83. The van der Waals surface area contributed by atoms with Crippen LogP contribution in [0.5, 0.6) is 0 Å². The fourth-order valence-electron chi connectivity index (χ4n) is 1.36. The summed E-state index contributed by atoms with van der Waals surface area (Å²) in [7, 11) is 0. The Balaban J connectivity index is -0.000000375. The first-order valence-electron chi connectivity index (χ1n) is 8.00. The van der Waals surface area contributed by atoms with Gasteiger partial charge in [-0.25, -0.2) is 14.4 Å². The highest BCUT2D eigenvalue weighted by molar-refractivity contribution is 5.57. The molecule has 0 aliphatic heterocycles. The molecule has 0 atom stereocenters. The molecule has 0 rings (SSSR count). The molecule has 0 aromatic carbocycles. The number of rotatable bonds is 10. The maximum atomic E-state index is 10.0. The summed E-state index contributed by atoms with van der Waals surface area (Å²) in [5.41, 5.74) is -1.67. The van der Waals surface area contributed by atoms with Gasteiger partial charge < -0.3 is 50.3 Å². The number of hydrogen-bond acceptors (Lipinski definition) is 9. The SMILES string of the molecule is CCC(CO)(CO)COC(=O)O.CCC(CO)(CO)COC(=O)O.O=C(O)O. The Bertz CT molecular complexity index is 375. The van der Waals surface area contributed by atoms with Crippen LogP contribution >= 0.6 is 0 Å². The van der Waals surface area contributed by atoms with Crippen molar-refractivity contribution in [3.63, 3.8) is 0 Å². The molecular weight excluding hydrogens is 388 g/mol. The summed E-state index contributed by atoms with van der Waals surface area (Å²) in [6.45, 7) is 2.01. The van der Waals surface area contributed by atoms with Gasteiger partial charge in [0.15, 0.2) is 0 Å². The molecule has 168 valence electrons. The molecule has 13 heteroatoms. The third kappa shape index (κ3) is 15.9. The van der Waals surface area contributed by atoms with Crippen molar-refractivity contribution in [3.05, 3.63) is 0 Å². The highest BCUT2D eigenvalue weighted by Crippen LogP contribution is 2.21. The van der Waals surface area contributed by atoms with Crippen LogP contribution in [0.25, 0.3) is 0 Å². The van der Waals surface area contributed by atoms with Gasteiger partial charge in [0.05, 0.1) is 37.3 Å². The predicted molar refractivity (Wildman–Crippen MR) is 92.4 cm³/mol. The molecule has 0 aliphatic carbocycles. The van der Waals surface area contributed by atoms with Gasteiger partial charge in [-0.1, -0.05) is 13.8 Å². The number of aliphatic hydroxyl groups is 4. The molecule has 8 N–H and O–H groups in total. The van der Waals surface area contributed by atoms with Crippen molar-refractivity contribution in [2.45, 2.75) is 26.7 Å². The van der Waals surface area contributed by atoms with Crippen molar-refractivity contribution in [2.75, 3.05) is 39.6 Å². The van der Waals surface area contributed by atoms with Crippen LogP contribution in [0, 0.1) is 10.8 Å². The van der Waals surface area contributed by atoms with Crippen LogP contribution in [0.2, 0.25) is 0 Å². The first-order chi connectivity index (χ1) is 12.9. The summed E-state index contributed by atoms with van der Waals surface area (Å²) in [5.74, 6) is 0. The van der Waals surface area contributed by atoms with E-state index in [1.807, 2.05) is 0 Å². The quantitative estimate of drug-likeness (QED) is 0.224. The fourth-order valence-corrected chi connectivity index (χ4v) is 1.36. The lowest BCUT2D eigenvalue weighted by atomic mass is 9.88. The van der Waals surface area contributed by atoms with Crippen molar-refractivity contribution >= 4 is 18.5 Å². The highest BCUT2D eigenvalue weighted by atomic mass is 16.7. The Kier molecular flexibility index (Phi) is 18.2. The second-order valence-electron chi connectivity index (χ2n) is 5.73. The van der Waals surface area contributed by atoms with Gasteiger partial charge >= 0.3 is 18.5 Å². The minimum absolute atomic E-state index is 0.175. The van der Waals surface area contributed by atoms with Crippen molar-refractivity contribution in [1.29, 1.82) is 0 Å². The molecular formula is C15H30O13. The third-order valence-electron chi connectivity index (χ3n) is 3.85. The van der Waals surface area contributed by atoms with Gasteiger partial charge in [0.2, 0.25) is 0 Å². The van der Waals surface area contributed by atoms with Crippen molar-refractivity contribution < 1.29 is 64.7 Å². The maximum Gasteiger partial charge on any atom is 0.505 e. The van der Waals surface area contributed by atoms with E-state index in [0.29, 0.717) is 12.8 Å². The van der Waals surface area contributed by atoms with Gasteiger partial charge in [0, 0.05) is 0 Å². The van der Waals surface area contributed by atoms with E-state index in [9.17, 15) is 9.59 Å². The summed E-state index contributed by atoms with van der Waals surface area (Å²) >= 11 is 0. The third-order valence-corrected chi connectivity index (χ3v) is 3.85. The lowest BCUT2D eigenvalue weighted by Gasteiger charge is -2.26. The van der Waals surface area contributed by atoms with Crippen LogP contribution in [-0.4, -0.2) is 99.0 Å². The average molecular weight is 418 g/mol. The molecule has 0 amide bonds. The van der Waals surface area contributed by atoms with Crippen molar-refractivity contribution in [2.24, 2.45) is 10.8 Å². The molecule has 0 fully saturated rings. The van der Waals surface area contributed by atoms with Crippen LogP contribution in [-0.2, 0) is 9.47 Å². The second kappa shape index (κ2) is 16.8. The summed E-state index contributed by atoms with van der Waals surface area (Å²) in [6.07, 6.45) is -3.69. The molecule has 0 heterocycles. The summed E-state index contributed by atoms with van der Waals surface area (Å²) in [5, 5.41) is 65.7. The van der Waals surface area contributed by atoms with Crippen LogP contribution in [0.15, 0.2) is 0 Å². The van der Waals surface area contributed by atoms with Crippen LogP contribution in [0.1, 0.15) is 26.7 Å². The average Bonchev–Trinajstić information content (AvgIpc) is 2.65. The van der Waals surface area contributed by atoms with E-state index in [1.165, 1.54) is 0 Å². The van der Waals surface area contributed by atoms with Crippen LogP contribution < -0.4 is 0 Å². The number of carboxylic acid groups (broad SMARTS) is 4.